The Labute approximate surface area is 207 Å². The molecule has 0 N–H and O–H groups in total. The van der Waals surface area contributed by atoms with Crippen LogP contribution in [0.3, 0.4) is 0 Å². The van der Waals surface area contributed by atoms with Gasteiger partial charge in [0, 0.05) is 37.5 Å². The highest BCUT2D eigenvalue weighted by Gasteiger charge is 2.66. The summed E-state index contributed by atoms with van der Waals surface area (Å²) in [6.45, 7) is 3.91. The van der Waals surface area contributed by atoms with E-state index in [1.165, 1.54) is 22.3 Å². The van der Waals surface area contributed by atoms with Gasteiger partial charge in [-0.15, -0.1) is 0 Å². The van der Waals surface area contributed by atoms with Gasteiger partial charge in [-0.25, -0.2) is 0 Å². The van der Waals surface area contributed by atoms with Crippen LogP contribution in [0.2, 0.25) is 0 Å². The second-order valence-corrected chi connectivity index (χ2v) is 11.1. The smallest absolute Gasteiger partial charge is 0.190 e. The number of fused-ring (bicyclic) bond motifs is 4. The van der Waals surface area contributed by atoms with Gasteiger partial charge in [-0.1, -0.05) is 36.8 Å². The van der Waals surface area contributed by atoms with Gasteiger partial charge in [0.2, 0.25) is 0 Å². The van der Waals surface area contributed by atoms with Crippen LogP contribution >= 0.6 is 0 Å². The largest absolute Gasteiger partial charge is 0.377 e. The number of hydrogen-bond acceptors (Lipinski definition) is 5. The Morgan fingerprint density at radius 3 is 2.46 bits per heavy atom. The monoisotopic (exact) mass is 476 g/mol. The van der Waals surface area contributed by atoms with Crippen LogP contribution in [0.15, 0.2) is 47.1 Å². The molecule has 5 heteroatoms. The maximum Gasteiger partial charge on any atom is 0.190 e. The van der Waals surface area contributed by atoms with Crippen molar-refractivity contribution in [3.05, 3.63) is 58.2 Å². The van der Waals surface area contributed by atoms with Gasteiger partial charge in [-0.05, 0) is 80.1 Å². The average molecular weight is 477 g/mol. The minimum absolute atomic E-state index is 0.0361. The van der Waals surface area contributed by atoms with E-state index >= 15 is 0 Å². The topological polar surface area (TPSA) is 69.7 Å². The van der Waals surface area contributed by atoms with E-state index in [0.29, 0.717) is 30.2 Å². The number of carbonyl (C=O) groups excluding carboxylic acids is 3. The van der Waals surface area contributed by atoms with Crippen LogP contribution in [0.25, 0.3) is 0 Å². The maximum absolute atomic E-state index is 13.5. The molecule has 2 saturated carbocycles. The first-order valence-corrected chi connectivity index (χ1v) is 12.9. The fourth-order valence-electron chi connectivity index (χ4n) is 8.05. The van der Waals surface area contributed by atoms with E-state index in [0.717, 1.165) is 32.1 Å². The van der Waals surface area contributed by atoms with Crippen molar-refractivity contribution in [2.24, 2.45) is 17.3 Å². The zero-order valence-corrected chi connectivity index (χ0v) is 21.3. The van der Waals surface area contributed by atoms with E-state index in [-0.39, 0.29) is 35.3 Å². The van der Waals surface area contributed by atoms with Gasteiger partial charge in [0.1, 0.15) is 12.2 Å². The normalized spacial score (nSPS) is 34.1. The summed E-state index contributed by atoms with van der Waals surface area (Å²) in [5, 5.41) is 0. The van der Waals surface area contributed by atoms with E-state index in [9.17, 15) is 14.4 Å². The lowest BCUT2D eigenvalue weighted by molar-refractivity contribution is -0.166. The molecule has 186 valence electrons. The van der Waals surface area contributed by atoms with Gasteiger partial charge >= 0.3 is 0 Å². The number of ether oxygens (including phenoxy) is 2. The first-order chi connectivity index (χ1) is 16.8. The Morgan fingerprint density at radius 2 is 1.80 bits per heavy atom. The molecule has 0 aromatic heterocycles. The van der Waals surface area contributed by atoms with Crippen LogP contribution in [0, 0.1) is 17.3 Å². The fourth-order valence-corrected chi connectivity index (χ4v) is 8.05. The number of benzene rings is 1. The number of allylic oxidation sites excluding steroid dienone is 4. The van der Waals surface area contributed by atoms with Crippen LogP contribution in [-0.4, -0.2) is 43.8 Å². The minimum Gasteiger partial charge on any atom is -0.377 e. The summed E-state index contributed by atoms with van der Waals surface area (Å²) in [7, 11) is 3.25. The molecule has 4 aliphatic carbocycles. The third-order valence-corrected chi connectivity index (χ3v) is 9.65. The Bertz CT molecular complexity index is 1130. The predicted octanol–water partition coefficient (Wildman–Crippen LogP) is 5.39. The van der Waals surface area contributed by atoms with Crippen molar-refractivity contribution in [3.63, 3.8) is 0 Å². The number of Topliss-reactive ketones (excluding diaryl/α,β-unsaturated/α-hetero) is 2. The molecule has 0 heterocycles. The SMILES string of the molecule is COCC(=O)[C@@]1(OC)CCC2C3CCC4=CC(=O)CCC4=C3[C@@H](c3ccc(C(C)=O)cc3)C[C@@]21C. The van der Waals surface area contributed by atoms with E-state index in [2.05, 4.69) is 19.1 Å². The fraction of sp³-hybridized carbons (Fsp3) is 0.567. The highest BCUT2D eigenvalue weighted by Crippen LogP contribution is 2.67. The summed E-state index contributed by atoms with van der Waals surface area (Å²) in [6.07, 6.45) is 7.64. The zero-order valence-electron chi connectivity index (χ0n) is 21.3. The third-order valence-electron chi connectivity index (χ3n) is 9.65. The van der Waals surface area contributed by atoms with Gasteiger partial charge in [0.15, 0.2) is 17.3 Å². The lowest BCUT2D eigenvalue weighted by Crippen LogP contribution is -2.57. The average Bonchev–Trinajstić information content (AvgIpc) is 3.16. The number of carbonyl (C=O) groups is 3. The van der Waals surface area contributed by atoms with Gasteiger partial charge in [0.05, 0.1) is 0 Å². The van der Waals surface area contributed by atoms with Gasteiger partial charge in [0.25, 0.3) is 0 Å². The number of ketones is 3. The second-order valence-electron chi connectivity index (χ2n) is 11.1. The molecule has 4 aliphatic rings. The standard InChI is InChI=1S/C30H36O5/c1-18(31)19-5-7-20(8-6-19)25-16-29(2)26(13-14-30(29,35-4)27(33)17-34-3)24-11-9-21-15-22(32)10-12-23(21)28(24)25/h5-8,15,24-26H,9-14,16-17H2,1-4H3/t24?,25-,26?,29+,30+/m1/s1. The Balaban J connectivity index is 1.67. The molecule has 2 unspecified atom stereocenters. The first-order valence-electron chi connectivity index (χ1n) is 12.9. The van der Waals surface area contributed by atoms with Crippen molar-refractivity contribution in [3.8, 4) is 0 Å². The summed E-state index contributed by atoms with van der Waals surface area (Å²) in [6, 6.07) is 8.01. The molecule has 1 aromatic rings. The molecule has 2 fully saturated rings. The maximum atomic E-state index is 13.5. The molecule has 0 amide bonds. The Morgan fingerprint density at radius 1 is 1.06 bits per heavy atom. The van der Waals surface area contributed by atoms with Gasteiger partial charge in [-0.2, -0.15) is 0 Å². The molecule has 0 bridgehead atoms. The molecule has 0 radical (unpaired) electrons. The van der Waals surface area contributed by atoms with Crippen molar-refractivity contribution in [2.45, 2.75) is 70.3 Å². The molecule has 5 atom stereocenters. The van der Waals surface area contributed by atoms with Crippen LogP contribution < -0.4 is 0 Å². The van der Waals surface area contributed by atoms with Crippen molar-refractivity contribution < 1.29 is 23.9 Å². The van der Waals surface area contributed by atoms with Crippen LogP contribution in [0.1, 0.15) is 80.6 Å². The van der Waals surface area contributed by atoms with Crippen LogP contribution in [0.5, 0.6) is 0 Å². The first kappa shape index (κ1) is 24.3. The highest BCUT2D eigenvalue weighted by molar-refractivity contribution is 5.94. The van der Waals surface area contributed by atoms with Crippen molar-refractivity contribution in [1.82, 2.24) is 0 Å². The van der Waals surface area contributed by atoms with Crippen molar-refractivity contribution in [2.75, 3.05) is 20.8 Å². The molecule has 5 nitrogen and oxygen atoms in total. The predicted molar refractivity (Wildman–Crippen MR) is 133 cm³/mol. The molecule has 0 spiro atoms. The third kappa shape index (κ3) is 3.62. The molecule has 5 rings (SSSR count). The highest BCUT2D eigenvalue weighted by atomic mass is 16.5. The summed E-state index contributed by atoms with van der Waals surface area (Å²) in [5.41, 5.74) is 4.75. The number of rotatable bonds is 6. The van der Waals surface area contributed by atoms with Crippen molar-refractivity contribution in [1.29, 1.82) is 0 Å². The Hall–Kier alpha value is -2.37. The van der Waals surface area contributed by atoms with E-state index in [1.807, 2.05) is 18.2 Å². The number of methoxy groups -OCH3 is 2. The summed E-state index contributed by atoms with van der Waals surface area (Å²) in [4.78, 5) is 37.7. The van der Waals surface area contributed by atoms with Gasteiger partial charge < -0.3 is 9.47 Å². The van der Waals surface area contributed by atoms with E-state index in [1.54, 1.807) is 21.1 Å². The van der Waals surface area contributed by atoms with Crippen molar-refractivity contribution >= 4 is 17.3 Å². The lowest BCUT2D eigenvalue weighted by atomic mass is 9.50. The summed E-state index contributed by atoms with van der Waals surface area (Å²) in [5.74, 6) is 1.15. The molecular weight excluding hydrogens is 440 g/mol. The van der Waals surface area contributed by atoms with Crippen LogP contribution in [-0.2, 0) is 19.1 Å². The van der Waals surface area contributed by atoms with Crippen LogP contribution in [0.4, 0.5) is 0 Å². The number of hydrogen-bond donors (Lipinski definition) is 0. The zero-order chi connectivity index (χ0) is 25.0. The summed E-state index contributed by atoms with van der Waals surface area (Å²) >= 11 is 0. The second kappa shape index (κ2) is 8.94. The molecule has 1 aromatic carbocycles. The molecular formula is C30H36O5. The molecule has 0 aliphatic heterocycles. The molecule has 35 heavy (non-hydrogen) atoms. The minimum atomic E-state index is -0.861. The quantitative estimate of drug-likeness (QED) is 0.515. The summed E-state index contributed by atoms with van der Waals surface area (Å²) < 4.78 is 11.5. The molecule has 0 saturated heterocycles. The van der Waals surface area contributed by atoms with Gasteiger partial charge in [-0.3, -0.25) is 14.4 Å². The van der Waals surface area contributed by atoms with E-state index < -0.39 is 5.60 Å². The lowest BCUT2D eigenvalue weighted by Gasteiger charge is -2.55. The Kier molecular flexibility index (Phi) is 6.21. The van der Waals surface area contributed by atoms with E-state index in [4.69, 9.17) is 9.47 Å².